The molecular formula is C18H27F2N. The number of nitrogens with zero attached hydrogens (tertiary/aromatic N) is 1. The molecule has 0 unspecified atom stereocenters. The zero-order valence-electron chi connectivity index (χ0n) is 13.8. The molecular weight excluding hydrogens is 268 g/mol. The SMILES string of the molecule is Cc1cc(N2CCC(C(C)(F)F)CC2)ccc1C(C)(C)C. The quantitative estimate of drug-likeness (QED) is 0.728. The molecule has 1 saturated heterocycles. The summed E-state index contributed by atoms with van der Waals surface area (Å²) in [5.41, 5.74) is 3.93. The highest BCUT2D eigenvalue weighted by Crippen LogP contribution is 2.35. The Morgan fingerprint density at radius 3 is 2.05 bits per heavy atom. The molecule has 21 heavy (non-hydrogen) atoms. The minimum absolute atomic E-state index is 0.139. The first-order valence-corrected chi connectivity index (χ1v) is 7.83. The van der Waals surface area contributed by atoms with Crippen molar-refractivity contribution >= 4 is 5.69 Å². The van der Waals surface area contributed by atoms with Crippen LogP contribution in [0.4, 0.5) is 14.5 Å². The molecule has 0 bridgehead atoms. The fourth-order valence-corrected chi connectivity index (χ4v) is 3.33. The Hall–Kier alpha value is -1.12. The Labute approximate surface area is 127 Å². The van der Waals surface area contributed by atoms with Crippen molar-refractivity contribution in [3.63, 3.8) is 0 Å². The minimum atomic E-state index is -2.54. The second kappa shape index (κ2) is 5.58. The summed E-state index contributed by atoms with van der Waals surface area (Å²) in [5, 5.41) is 0. The first-order valence-electron chi connectivity index (χ1n) is 7.83. The second-order valence-electron chi connectivity index (χ2n) is 7.47. The summed E-state index contributed by atoms with van der Waals surface area (Å²) in [6.45, 7) is 11.3. The Morgan fingerprint density at radius 2 is 1.62 bits per heavy atom. The molecule has 3 heteroatoms. The molecule has 0 saturated carbocycles. The Bertz CT molecular complexity index is 489. The number of alkyl halides is 2. The van der Waals surface area contributed by atoms with Gasteiger partial charge in [0.05, 0.1) is 0 Å². The number of anilines is 1. The molecule has 2 rings (SSSR count). The van der Waals surface area contributed by atoms with Gasteiger partial charge in [-0.2, -0.15) is 0 Å². The van der Waals surface area contributed by atoms with Crippen LogP contribution in [0.1, 0.15) is 51.7 Å². The van der Waals surface area contributed by atoms with E-state index in [2.05, 4.69) is 50.8 Å². The van der Waals surface area contributed by atoms with Gasteiger partial charge in [0.25, 0.3) is 0 Å². The van der Waals surface area contributed by atoms with Crippen molar-refractivity contribution in [3.8, 4) is 0 Å². The van der Waals surface area contributed by atoms with Crippen molar-refractivity contribution in [2.45, 2.75) is 58.8 Å². The average Bonchev–Trinajstić information content (AvgIpc) is 2.36. The van der Waals surface area contributed by atoms with Gasteiger partial charge in [-0.15, -0.1) is 0 Å². The number of halogens is 2. The molecule has 1 heterocycles. The van der Waals surface area contributed by atoms with E-state index in [1.54, 1.807) is 0 Å². The summed E-state index contributed by atoms with van der Waals surface area (Å²) < 4.78 is 26.7. The highest BCUT2D eigenvalue weighted by Gasteiger charge is 2.36. The zero-order chi connectivity index (χ0) is 15.8. The minimum Gasteiger partial charge on any atom is -0.372 e. The first kappa shape index (κ1) is 16.3. The summed E-state index contributed by atoms with van der Waals surface area (Å²) in [5.74, 6) is -3.01. The number of hydrogen-bond donors (Lipinski definition) is 0. The van der Waals surface area contributed by atoms with Gasteiger partial charge < -0.3 is 4.90 Å². The van der Waals surface area contributed by atoms with Crippen LogP contribution >= 0.6 is 0 Å². The van der Waals surface area contributed by atoms with Crippen LogP contribution in [0.3, 0.4) is 0 Å². The monoisotopic (exact) mass is 295 g/mol. The van der Waals surface area contributed by atoms with Crippen LogP contribution in [0.25, 0.3) is 0 Å². The third-order valence-corrected chi connectivity index (χ3v) is 4.59. The zero-order valence-corrected chi connectivity index (χ0v) is 13.8. The van der Waals surface area contributed by atoms with Crippen LogP contribution in [0.15, 0.2) is 18.2 Å². The fraction of sp³-hybridized carbons (Fsp3) is 0.667. The first-order chi connectivity index (χ1) is 9.59. The van der Waals surface area contributed by atoms with Gasteiger partial charge in [0, 0.05) is 24.7 Å². The van der Waals surface area contributed by atoms with Gasteiger partial charge in [-0.25, -0.2) is 8.78 Å². The van der Waals surface area contributed by atoms with E-state index in [9.17, 15) is 8.78 Å². The smallest absolute Gasteiger partial charge is 0.248 e. The van der Waals surface area contributed by atoms with Gasteiger partial charge in [-0.1, -0.05) is 26.8 Å². The van der Waals surface area contributed by atoms with Crippen LogP contribution < -0.4 is 4.90 Å². The molecule has 1 fully saturated rings. The maximum atomic E-state index is 13.4. The van der Waals surface area contributed by atoms with Crippen LogP contribution in [0.5, 0.6) is 0 Å². The Balaban J connectivity index is 2.10. The van der Waals surface area contributed by atoms with E-state index in [4.69, 9.17) is 0 Å². The topological polar surface area (TPSA) is 3.24 Å². The van der Waals surface area contributed by atoms with E-state index in [1.807, 2.05) is 0 Å². The molecule has 0 radical (unpaired) electrons. The largest absolute Gasteiger partial charge is 0.372 e. The van der Waals surface area contributed by atoms with Crippen molar-refractivity contribution in [2.24, 2.45) is 5.92 Å². The van der Waals surface area contributed by atoms with Crippen molar-refractivity contribution in [1.29, 1.82) is 0 Å². The van der Waals surface area contributed by atoms with Crippen molar-refractivity contribution in [2.75, 3.05) is 18.0 Å². The van der Waals surface area contributed by atoms with Gasteiger partial charge in [0.2, 0.25) is 5.92 Å². The molecule has 0 aromatic heterocycles. The molecule has 0 aliphatic carbocycles. The van der Waals surface area contributed by atoms with E-state index in [1.165, 1.54) is 16.8 Å². The number of piperidine rings is 1. The standard InChI is InChI=1S/C18H27F2N/c1-13-12-15(6-7-16(13)17(2,3)4)21-10-8-14(9-11-21)18(5,19)20/h6-7,12,14H,8-11H2,1-5H3. The van der Waals surface area contributed by atoms with Crippen LogP contribution in [-0.4, -0.2) is 19.0 Å². The van der Waals surface area contributed by atoms with Crippen LogP contribution in [-0.2, 0) is 5.41 Å². The van der Waals surface area contributed by atoms with E-state index in [-0.39, 0.29) is 5.41 Å². The molecule has 1 aromatic carbocycles. The predicted octanol–water partition coefficient (Wildman–Crippen LogP) is 5.16. The van der Waals surface area contributed by atoms with Crippen molar-refractivity contribution < 1.29 is 8.78 Å². The summed E-state index contributed by atoms with van der Waals surface area (Å²) in [4.78, 5) is 2.24. The maximum Gasteiger partial charge on any atom is 0.248 e. The highest BCUT2D eigenvalue weighted by molar-refractivity contribution is 5.52. The number of aryl methyl sites for hydroxylation is 1. The summed E-state index contributed by atoms with van der Waals surface area (Å²) in [6.07, 6.45) is 1.15. The summed E-state index contributed by atoms with van der Waals surface area (Å²) >= 11 is 0. The summed E-state index contributed by atoms with van der Waals surface area (Å²) in [7, 11) is 0. The molecule has 0 spiro atoms. The summed E-state index contributed by atoms with van der Waals surface area (Å²) in [6, 6.07) is 6.52. The molecule has 1 aliphatic rings. The van der Waals surface area contributed by atoms with Gasteiger partial charge in [-0.05, 0) is 55.4 Å². The average molecular weight is 295 g/mol. The predicted molar refractivity (Wildman–Crippen MR) is 85.4 cm³/mol. The lowest BCUT2D eigenvalue weighted by molar-refractivity contribution is -0.0481. The number of rotatable bonds is 2. The normalized spacial score (nSPS) is 18.1. The molecule has 1 nitrogen and oxygen atoms in total. The Morgan fingerprint density at radius 1 is 1.05 bits per heavy atom. The number of hydrogen-bond acceptors (Lipinski definition) is 1. The van der Waals surface area contributed by atoms with Crippen molar-refractivity contribution in [3.05, 3.63) is 29.3 Å². The Kier molecular flexibility index (Phi) is 4.32. The van der Waals surface area contributed by atoms with Crippen LogP contribution in [0.2, 0.25) is 0 Å². The third kappa shape index (κ3) is 3.75. The van der Waals surface area contributed by atoms with Gasteiger partial charge >= 0.3 is 0 Å². The molecule has 0 atom stereocenters. The van der Waals surface area contributed by atoms with E-state index < -0.39 is 11.8 Å². The molecule has 1 aromatic rings. The van der Waals surface area contributed by atoms with Gasteiger partial charge in [0.15, 0.2) is 0 Å². The lowest BCUT2D eigenvalue weighted by atomic mass is 9.84. The molecule has 118 valence electrons. The third-order valence-electron chi connectivity index (χ3n) is 4.59. The second-order valence-corrected chi connectivity index (χ2v) is 7.47. The van der Waals surface area contributed by atoms with Gasteiger partial charge in [-0.3, -0.25) is 0 Å². The molecule has 1 aliphatic heterocycles. The van der Waals surface area contributed by atoms with E-state index in [0.717, 1.165) is 20.0 Å². The van der Waals surface area contributed by atoms with E-state index >= 15 is 0 Å². The lowest BCUT2D eigenvalue weighted by Crippen LogP contribution is -2.39. The molecule has 0 amide bonds. The maximum absolute atomic E-state index is 13.4. The van der Waals surface area contributed by atoms with Crippen LogP contribution in [0, 0.1) is 12.8 Å². The fourth-order valence-electron chi connectivity index (χ4n) is 3.33. The molecule has 0 N–H and O–H groups in total. The van der Waals surface area contributed by atoms with E-state index in [0.29, 0.717) is 12.8 Å². The van der Waals surface area contributed by atoms with Gasteiger partial charge in [0.1, 0.15) is 0 Å². The number of benzene rings is 1. The van der Waals surface area contributed by atoms with Crippen molar-refractivity contribution in [1.82, 2.24) is 0 Å². The lowest BCUT2D eigenvalue weighted by Gasteiger charge is -2.36. The highest BCUT2D eigenvalue weighted by atomic mass is 19.3.